The van der Waals surface area contributed by atoms with Gasteiger partial charge in [0.25, 0.3) is 5.91 Å². The van der Waals surface area contributed by atoms with Crippen LogP contribution in [0.25, 0.3) is 5.69 Å². The Morgan fingerprint density at radius 3 is 2.49 bits per heavy atom. The quantitative estimate of drug-likeness (QED) is 0.267. The van der Waals surface area contributed by atoms with Crippen molar-refractivity contribution in [3.05, 3.63) is 94.0 Å². The van der Waals surface area contributed by atoms with Crippen LogP contribution in [-0.4, -0.2) is 39.4 Å². The second kappa shape index (κ2) is 12.1. The van der Waals surface area contributed by atoms with Gasteiger partial charge in [0.1, 0.15) is 11.6 Å². The number of halogens is 3. The Labute approximate surface area is 226 Å². The molecule has 12 heteroatoms. The highest BCUT2D eigenvalue weighted by atomic mass is 35.5. The van der Waals surface area contributed by atoms with Crippen LogP contribution in [0, 0.1) is 5.82 Å². The van der Waals surface area contributed by atoms with Gasteiger partial charge in [-0.2, -0.15) is 0 Å². The van der Waals surface area contributed by atoms with Crippen LogP contribution in [0.2, 0.25) is 10.0 Å². The molecule has 0 aliphatic heterocycles. The zero-order valence-electron chi connectivity index (χ0n) is 19.4. The molecule has 0 saturated heterocycles. The van der Waals surface area contributed by atoms with E-state index in [0.717, 1.165) is 11.8 Å². The van der Waals surface area contributed by atoms with E-state index < -0.39 is 11.7 Å². The molecule has 190 valence electrons. The number of ether oxygens (including phenoxy) is 1. The average Bonchev–Trinajstić information content (AvgIpc) is 3.31. The Bertz CT molecular complexity index is 1430. The summed E-state index contributed by atoms with van der Waals surface area (Å²) in [6.45, 7) is -0.0565. The van der Waals surface area contributed by atoms with E-state index in [0.29, 0.717) is 38.2 Å². The summed E-state index contributed by atoms with van der Waals surface area (Å²) in [5.74, 6) is -0.432. The minimum absolute atomic E-state index is 0.0348. The molecule has 0 saturated carbocycles. The molecule has 0 bridgehead atoms. The standard InChI is InChI=1S/C25H20Cl2FN5O3S/c1-36-17-9-6-15(7-10-17)30-23(34)14-37-25-32-31-22(33(25)16-8-11-19(26)20(27)12-16)13-29-24(35)18-4-2-3-5-21(18)28/h2-12H,13-14H2,1H3,(H,29,35)(H,30,34). The Hall–Kier alpha value is -3.60. The summed E-state index contributed by atoms with van der Waals surface area (Å²) in [5.41, 5.74) is 1.11. The van der Waals surface area contributed by atoms with E-state index >= 15 is 0 Å². The Morgan fingerprint density at radius 2 is 1.78 bits per heavy atom. The molecule has 8 nitrogen and oxygen atoms in total. The van der Waals surface area contributed by atoms with Gasteiger partial charge in [-0.05, 0) is 54.6 Å². The van der Waals surface area contributed by atoms with Crippen LogP contribution < -0.4 is 15.4 Å². The highest BCUT2D eigenvalue weighted by Gasteiger charge is 2.19. The fourth-order valence-corrected chi connectivity index (χ4v) is 4.36. The van der Waals surface area contributed by atoms with Crippen LogP contribution >= 0.6 is 35.0 Å². The minimum Gasteiger partial charge on any atom is -0.497 e. The van der Waals surface area contributed by atoms with E-state index in [1.165, 1.54) is 18.2 Å². The number of benzene rings is 3. The highest BCUT2D eigenvalue weighted by molar-refractivity contribution is 7.99. The smallest absolute Gasteiger partial charge is 0.254 e. The number of amides is 2. The molecule has 4 rings (SSSR count). The number of carbonyl (C=O) groups is 2. The van der Waals surface area contributed by atoms with E-state index in [4.69, 9.17) is 27.9 Å². The summed E-state index contributed by atoms with van der Waals surface area (Å²) < 4.78 is 20.8. The van der Waals surface area contributed by atoms with Gasteiger partial charge in [-0.15, -0.1) is 10.2 Å². The van der Waals surface area contributed by atoms with Gasteiger partial charge in [-0.3, -0.25) is 14.2 Å². The molecule has 0 aliphatic carbocycles. The van der Waals surface area contributed by atoms with Gasteiger partial charge in [0.05, 0.1) is 40.7 Å². The molecule has 4 aromatic rings. The number of thioether (sulfide) groups is 1. The van der Waals surface area contributed by atoms with Crippen molar-refractivity contribution in [2.75, 3.05) is 18.2 Å². The van der Waals surface area contributed by atoms with E-state index in [2.05, 4.69) is 20.8 Å². The summed E-state index contributed by atoms with van der Waals surface area (Å²) in [6.07, 6.45) is 0. The van der Waals surface area contributed by atoms with Crippen LogP contribution in [0.3, 0.4) is 0 Å². The molecule has 0 unspecified atom stereocenters. The SMILES string of the molecule is COc1ccc(NC(=O)CSc2nnc(CNC(=O)c3ccccc3F)n2-c2ccc(Cl)c(Cl)c2)cc1. The van der Waals surface area contributed by atoms with Crippen molar-refractivity contribution in [3.63, 3.8) is 0 Å². The normalized spacial score (nSPS) is 10.7. The molecular formula is C25H20Cl2FN5O3S. The lowest BCUT2D eigenvalue weighted by molar-refractivity contribution is -0.113. The fraction of sp³-hybridized carbons (Fsp3) is 0.120. The molecule has 0 fully saturated rings. The average molecular weight is 560 g/mol. The van der Waals surface area contributed by atoms with Crippen LogP contribution in [0.5, 0.6) is 5.75 Å². The lowest BCUT2D eigenvalue weighted by atomic mass is 10.2. The Balaban J connectivity index is 1.52. The number of rotatable bonds is 9. The topological polar surface area (TPSA) is 98.1 Å². The predicted octanol–water partition coefficient (Wildman–Crippen LogP) is 5.38. The summed E-state index contributed by atoms with van der Waals surface area (Å²) >= 11 is 13.4. The molecule has 0 aliphatic rings. The number of anilines is 1. The lowest BCUT2D eigenvalue weighted by Crippen LogP contribution is -2.25. The van der Waals surface area contributed by atoms with Crippen molar-refractivity contribution in [1.29, 1.82) is 0 Å². The van der Waals surface area contributed by atoms with E-state index in [9.17, 15) is 14.0 Å². The van der Waals surface area contributed by atoms with Crippen LogP contribution in [0.1, 0.15) is 16.2 Å². The third-order valence-electron chi connectivity index (χ3n) is 5.09. The maximum atomic E-state index is 14.0. The summed E-state index contributed by atoms with van der Waals surface area (Å²) in [6, 6.07) is 17.6. The van der Waals surface area contributed by atoms with Gasteiger partial charge in [-0.25, -0.2) is 4.39 Å². The van der Waals surface area contributed by atoms with Gasteiger partial charge in [0, 0.05) is 5.69 Å². The molecule has 1 heterocycles. The predicted molar refractivity (Wildman–Crippen MR) is 141 cm³/mol. The summed E-state index contributed by atoms with van der Waals surface area (Å²) in [5, 5.41) is 14.9. The molecule has 0 atom stereocenters. The summed E-state index contributed by atoms with van der Waals surface area (Å²) in [7, 11) is 1.56. The van der Waals surface area contributed by atoms with Gasteiger partial charge in [0.2, 0.25) is 5.91 Å². The van der Waals surface area contributed by atoms with Crippen molar-refractivity contribution >= 4 is 52.5 Å². The van der Waals surface area contributed by atoms with Gasteiger partial charge in [0.15, 0.2) is 11.0 Å². The number of hydrogen-bond donors (Lipinski definition) is 2. The van der Waals surface area contributed by atoms with Crippen molar-refractivity contribution < 1.29 is 18.7 Å². The number of hydrogen-bond acceptors (Lipinski definition) is 6. The van der Waals surface area contributed by atoms with Crippen molar-refractivity contribution in [2.45, 2.75) is 11.7 Å². The number of methoxy groups -OCH3 is 1. The second-order valence-electron chi connectivity index (χ2n) is 7.56. The number of aromatic nitrogens is 3. The Morgan fingerprint density at radius 1 is 1.03 bits per heavy atom. The second-order valence-corrected chi connectivity index (χ2v) is 9.32. The monoisotopic (exact) mass is 559 g/mol. The van der Waals surface area contributed by atoms with Gasteiger partial charge >= 0.3 is 0 Å². The van der Waals surface area contributed by atoms with E-state index in [1.807, 2.05) is 0 Å². The molecule has 3 aromatic carbocycles. The molecule has 2 N–H and O–H groups in total. The highest BCUT2D eigenvalue weighted by Crippen LogP contribution is 2.28. The number of carbonyl (C=O) groups excluding carboxylic acids is 2. The van der Waals surface area contributed by atoms with Gasteiger partial charge < -0.3 is 15.4 Å². The maximum Gasteiger partial charge on any atom is 0.254 e. The van der Waals surface area contributed by atoms with E-state index in [1.54, 1.807) is 60.2 Å². The largest absolute Gasteiger partial charge is 0.497 e. The number of nitrogens with zero attached hydrogens (tertiary/aromatic N) is 3. The fourth-order valence-electron chi connectivity index (χ4n) is 3.29. The van der Waals surface area contributed by atoms with Crippen LogP contribution in [0.4, 0.5) is 10.1 Å². The van der Waals surface area contributed by atoms with Gasteiger partial charge in [-0.1, -0.05) is 47.1 Å². The maximum absolute atomic E-state index is 14.0. The van der Waals surface area contributed by atoms with Crippen LogP contribution in [0.15, 0.2) is 71.9 Å². The number of nitrogens with one attached hydrogen (secondary N) is 2. The lowest BCUT2D eigenvalue weighted by Gasteiger charge is -2.12. The first-order valence-corrected chi connectivity index (χ1v) is 12.6. The van der Waals surface area contributed by atoms with Crippen molar-refractivity contribution in [3.8, 4) is 11.4 Å². The third-order valence-corrected chi connectivity index (χ3v) is 6.76. The zero-order valence-corrected chi connectivity index (χ0v) is 21.7. The molecule has 2 amide bonds. The summed E-state index contributed by atoms with van der Waals surface area (Å²) in [4.78, 5) is 25.1. The first-order valence-electron chi connectivity index (χ1n) is 10.8. The zero-order chi connectivity index (χ0) is 26.4. The first kappa shape index (κ1) is 26.5. The molecular weight excluding hydrogens is 540 g/mol. The molecule has 37 heavy (non-hydrogen) atoms. The van der Waals surface area contributed by atoms with Crippen molar-refractivity contribution in [2.24, 2.45) is 0 Å². The molecule has 1 aromatic heterocycles. The van der Waals surface area contributed by atoms with Crippen LogP contribution in [-0.2, 0) is 11.3 Å². The van der Waals surface area contributed by atoms with Crippen molar-refractivity contribution in [1.82, 2.24) is 20.1 Å². The first-order chi connectivity index (χ1) is 17.9. The third kappa shape index (κ3) is 6.59. The molecule has 0 radical (unpaired) electrons. The Kier molecular flexibility index (Phi) is 8.65. The van der Waals surface area contributed by atoms with E-state index in [-0.39, 0.29) is 23.8 Å². The minimum atomic E-state index is -0.634. The molecule has 0 spiro atoms.